The molecule has 1 aliphatic heterocycles. The molecule has 2 heteroatoms. The molecule has 0 bridgehead atoms. The van der Waals surface area contributed by atoms with Crippen LogP contribution in [0.25, 0.3) is 0 Å². The van der Waals surface area contributed by atoms with E-state index in [0.717, 1.165) is 23.8 Å². The molecular formula is C15H30N2. The van der Waals surface area contributed by atoms with Gasteiger partial charge in [-0.3, -0.25) is 0 Å². The van der Waals surface area contributed by atoms with E-state index in [1.807, 2.05) is 0 Å². The van der Waals surface area contributed by atoms with Crippen LogP contribution in [0.2, 0.25) is 0 Å². The Labute approximate surface area is 107 Å². The van der Waals surface area contributed by atoms with Gasteiger partial charge in [-0.15, -0.1) is 0 Å². The molecule has 4 unspecified atom stereocenters. The van der Waals surface area contributed by atoms with Crippen molar-refractivity contribution in [2.45, 2.75) is 52.5 Å². The fourth-order valence-corrected chi connectivity index (χ4v) is 3.53. The molecule has 100 valence electrons. The van der Waals surface area contributed by atoms with E-state index in [9.17, 15) is 0 Å². The first-order chi connectivity index (χ1) is 8.19. The van der Waals surface area contributed by atoms with Crippen molar-refractivity contribution < 1.29 is 0 Å². The molecule has 1 N–H and O–H groups in total. The summed E-state index contributed by atoms with van der Waals surface area (Å²) in [6, 6.07) is 0.729. The van der Waals surface area contributed by atoms with E-state index >= 15 is 0 Å². The molecule has 4 atom stereocenters. The van der Waals surface area contributed by atoms with E-state index < -0.39 is 0 Å². The number of hydrogen-bond acceptors (Lipinski definition) is 2. The minimum atomic E-state index is 0.729. The maximum atomic E-state index is 3.69. The van der Waals surface area contributed by atoms with Crippen LogP contribution in [0.1, 0.15) is 46.5 Å². The smallest absolute Gasteiger partial charge is 0.0221 e. The second-order valence-corrected chi connectivity index (χ2v) is 6.49. The van der Waals surface area contributed by atoms with E-state index in [1.54, 1.807) is 0 Å². The average molecular weight is 238 g/mol. The maximum absolute atomic E-state index is 3.69. The molecule has 0 spiro atoms. The standard InChI is InChI=1S/C15H30N2/c1-4-13(3)15-11-17(8-7-16-15)10-14-6-5-12(2)9-14/h12-16H,4-11H2,1-3H3. The van der Waals surface area contributed by atoms with Gasteiger partial charge < -0.3 is 10.2 Å². The summed E-state index contributed by atoms with van der Waals surface area (Å²) in [6.07, 6.45) is 5.70. The lowest BCUT2D eigenvalue weighted by atomic mass is 9.96. The Morgan fingerprint density at radius 3 is 2.82 bits per heavy atom. The average Bonchev–Trinajstić information content (AvgIpc) is 2.74. The van der Waals surface area contributed by atoms with Crippen molar-refractivity contribution in [3.63, 3.8) is 0 Å². The van der Waals surface area contributed by atoms with Gasteiger partial charge in [0.25, 0.3) is 0 Å². The zero-order chi connectivity index (χ0) is 12.3. The Kier molecular flexibility index (Phi) is 4.87. The van der Waals surface area contributed by atoms with Gasteiger partial charge in [-0.2, -0.15) is 0 Å². The summed E-state index contributed by atoms with van der Waals surface area (Å²) >= 11 is 0. The summed E-state index contributed by atoms with van der Waals surface area (Å²) in [4.78, 5) is 2.72. The topological polar surface area (TPSA) is 15.3 Å². The zero-order valence-electron chi connectivity index (χ0n) is 11.9. The third kappa shape index (κ3) is 3.69. The number of piperazine rings is 1. The van der Waals surface area contributed by atoms with E-state index in [2.05, 4.69) is 31.0 Å². The highest BCUT2D eigenvalue weighted by Crippen LogP contribution is 2.31. The molecule has 0 aromatic carbocycles. The molecule has 2 fully saturated rings. The van der Waals surface area contributed by atoms with E-state index in [-0.39, 0.29) is 0 Å². The quantitative estimate of drug-likeness (QED) is 0.810. The summed E-state index contributed by atoms with van der Waals surface area (Å²) < 4.78 is 0. The van der Waals surface area contributed by atoms with Gasteiger partial charge in [0.2, 0.25) is 0 Å². The fourth-order valence-electron chi connectivity index (χ4n) is 3.53. The van der Waals surface area contributed by atoms with Gasteiger partial charge in [-0.1, -0.05) is 33.6 Å². The van der Waals surface area contributed by atoms with Crippen molar-refractivity contribution in [3.05, 3.63) is 0 Å². The normalized spacial score (nSPS) is 37.2. The highest BCUT2D eigenvalue weighted by atomic mass is 15.2. The van der Waals surface area contributed by atoms with E-state index in [1.165, 1.54) is 51.9 Å². The predicted molar refractivity (Wildman–Crippen MR) is 74.2 cm³/mol. The lowest BCUT2D eigenvalue weighted by molar-refractivity contribution is 0.148. The molecule has 2 aliphatic rings. The Morgan fingerprint density at radius 2 is 2.18 bits per heavy atom. The molecule has 1 aliphatic carbocycles. The molecule has 0 amide bonds. The van der Waals surface area contributed by atoms with Crippen LogP contribution < -0.4 is 5.32 Å². The van der Waals surface area contributed by atoms with Crippen molar-refractivity contribution in [3.8, 4) is 0 Å². The summed E-state index contributed by atoms with van der Waals surface area (Å²) in [6.45, 7) is 12.2. The summed E-state index contributed by atoms with van der Waals surface area (Å²) in [7, 11) is 0. The first-order valence-electron chi connectivity index (χ1n) is 7.64. The maximum Gasteiger partial charge on any atom is 0.0221 e. The van der Waals surface area contributed by atoms with Crippen LogP contribution in [-0.4, -0.2) is 37.1 Å². The highest BCUT2D eigenvalue weighted by Gasteiger charge is 2.27. The monoisotopic (exact) mass is 238 g/mol. The Balaban J connectivity index is 1.77. The third-order valence-corrected chi connectivity index (χ3v) is 4.94. The van der Waals surface area contributed by atoms with Gasteiger partial charge >= 0.3 is 0 Å². The Hall–Kier alpha value is -0.0800. The molecule has 1 saturated heterocycles. The zero-order valence-corrected chi connectivity index (χ0v) is 11.9. The first-order valence-corrected chi connectivity index (χ1v) is 7.64. The van der Waals surface area contributed by atoms with Crippen molar-refractivity contribution in [2.75, 3.05) is 26.2 Å². The number of rotatable bonds is 4. The van der Waals surface area contributed by atoms with Crippen LogP contribution >= 0.6 is 0 Å². The van der Waals surface area contributed by atoms with E-state index in [0.29, 0.717) is 0 Å². The minimum Gasteiger partial charge on any atom is -0.311 e. The molecule has 2 nitrogen and oxygen atoms in total. The molecule has 0 aromatic rings. The molecule has 17 heavy (non-hydrogen) atoms. The van der Waals surface area contributed by atoms with Gasteiger partial charge in [0.1, 0.15) is 0 Å². The highest BCUT2D eigenvalue weighted by molar-refractivity contribution is 4.84. The molecule has 1 saturated carbocycles. The lowest BCUT2D eigenvalue weighted by Gasteiger charge is -2.37. The van der Waals surface area contributed by atoms with Crippen molar-refractivity contribution in [2.24, 2.45) is 17.8 Å². The van der Waals surface area contributed by atoms with Crippen LogP contribution in [-0.2, 0) is 0 Å². The number of nitrogens with zero attached hydrogens (tertiary/aromatic N) is 1. The second kappa shape index (κ2) is 6.19. The molecule has 0 aromatic heterocycles. The van der Waals surface area contributed by atoms with E-state index in [4.69, 9.17) is 0 Å². The number of nitrogens with one attached hydrogen (secondary N) is 1. The van der Waals surface area contributed by atoms with Crippen LogP contribution in [0.3, 0.4) is 0 Å². The van der Waals surface area contributed by atoms with Gasteiger partial charge in [0.15, 0.2) is 0 Å². The van der Waals surface area contributed by atoms with Crippen molar-refractivity contribution in [1.82, 2.24) is 10.2 Å². The third-order valence-electron chi connectivity index (χ3n) is 4.94. The van der Waals surface area contributed by atoms with Crippen LogP contribution in [0, 0.1) is 17.8 Å². The minimum absolute atomic E-state index is 0.729. The summed E-state index contributed by atoms with van der Waals surface area (Å²) in [5.74, 6) is 2.79. The van der Waals surface area contributed by atoms with Gasteiger partial charge in [-0.25, -0.2) is 0 Å². The fraction of sp³-hybridized carbons (Fsp3) is 1.00. The second-order valence-electron chi connectivity index (χ2n) is 6.49. The summed E-state index contributed by atoms with van der Waals surface area (Å²) in [5.41, 5.74) is 0. The molecule has 0 radical (unpaired) electrons. The van der Waals surface area contributed by atoms with Gasteiger partial charge in [-0.05, 0) is 30.6 Å². The molecule has 1 heterocycles. The summed E-state index contributed by atoms with van der Waals surface area (Å²) in [5, 5.41) is 3.69. The SMILES string of the molecule is CCC(C)C1CN(CC2CCC(C)C2)CCN1. The molecular weight excluding hydrogens is 208 g/mol. The van der Waals surface area contributed by atoms with Gasteiger partial charge in [0, 0.05) is 32.2 Å². The van der Waals surface area contributed by atoms with Crippen LogP contribution in [0.5, 0.6) is 0 Å². The van der Waals surface area contributed by atoms with Gasteiger partial charge in [0.05, 0.1) is 0 Å². The Bertz CT molecular complexity index is 227. The molecule has 2 rings (SSSR count). The number of hydrogen-bond donors (Lipinski definition) is 1. The van der Waals surface area contributed by atoms with Crippen molar-refractivity contribution in [1.29, 1.82) is 0 Å². The lowest BCUT2D eigenvalue weighted by Crippen LogP contribution is -2.53. The first kappa shape index (κ1) is 13.4. The van der Waals surface area contributed by atoms with Crippen LogP contribution in [0.4, 0.5) is 0 Å². The Morgan fingerprint density at radius 1 is 1.35 bits per heavy atom. The van der Waals surface area contributed by atoms with Crippen molar-refractivity contribution >= 4 is 0 Å². The van der Waals surface area contributed by atoms with Crippen LogP contribution in [0.15, 0.2) is 0 Å². The largest absolute Gasteiger partial charge is 0.311 e. The predicted octanol–water partition coefficient (Wildman–Crippen LogP) is 2.74.